The summed E-state index contributed by atoms with van der Waals surface area (Å²) in [6.07, 6.45) is 4.32. The summed E-state index contributed by atoms with van der Waals surface area (Å²) in [4.78, 5) is 12.1. The normalized spacial score (nSPS) is 21.9. The average molecular weight is 286 g/mol. The zero-order chi connectivity index (χ0) is 15.5. The van der Waals surface area contributed by atoms with E-state index >= 15 is 0 Å². The lowest BCUT2D eigenvalue weighted by Crippen LogP contribution is -2.10. The molecule has 1 saturated carbocycles. The van der Waals surface area contributed by atoms with Gasteiger partial charge < -0.3 is 9.15 Å². The minimum atomic E-state index is -0.144. The van der Waals surface area contributed by atoms with Crippen LogP contribution in [0.5, 0.6) is 0 Å². The molecule has 0 aliphatic heterocycles. The van der Waals surface area contributed by atoms with Crippen LogP contribution < -0.4 is 0 Å². The van der Waals surface area contributed by atoms with Crippen LogP contribution in [0.4, 0.5) is 0 Å². The predicted molar refractivity (Wildman–Crippen MR) is 81.3 cm³/mol. The quantitative estimate of drug-likeness (QED) is 0.482. The van der Waals surface area contributed by atoms with E-state index in [0.29, 0.717) is 6.42 Å². The van der Waals surface area contributed by atoms with Gasteiger partial charge in [0, 0.05) is 0 Å². The lowest BCUT2D eigenvalue weighted by Gasteiger charge is -2.01. The Balaban J connectivity index is 1.78. The molecule has 2 unspecified atom stereocenters. The van der Waals surface area contributed by atoms with Crippen LogP contribution in [-0.2, 0) is 16.0 Å². The first-order chi connectivity index (χ1) is 9.93. The Kier molecular flexibility index (Phi) is 4.57. The molecule has 3 heteroatoms. The number of rotatable bonds is 4. The average Bonchev–Trinajstić information content (AvgIpc) is 2.80. The van der Waals surface area contributed by atoms with Gasteiger partial charge in [0.1, 0.15) is 5.76 Å². The molecule has 0 spiro atoms. The van der Waals surface area contributed by atoms with Crippen LogP contribution in [0, 0.1) is 29.1 Å². The van der Waals surface area contributed by atoms with Crippen molar-refractivity contribution in [3.63, 3.8) is 0 Å². The minimum absolute atomic E-state index is 0.00402. The Labute approximate surface area is 126 Å². The SMILES string of the molecule is CC(C)=CC1C(C(=O)OCC#CCc2ccco2)C1(C)C. The molecule has 1 fully saturated rings. The lowest BCUT2D eigenvalue weighted by atomic mass is 10.1. The van der Waals surface area contributed by atoms with Gasteiger partial charge in [-0.15, -0.1) is 0 Å². The molecule has 1 aromatic rings. The highest BCUT2D eigenvalue weighted by atomic mass is 16.5. The number of carbonyl (C=O) groups is 1. The molecule has 21 heavy (non-hydrogen) atoms. The van der Waals surface area contributed by atoms with Crippen LogP contribution in [0.3, 0.4) is 0 Å². The molecule has 1 aromatic heterocycles. The second kappa shape index (κ2) is 6.22. The van der Waals surface area contributed by atoms with Gasteiger partial charge in [-0.1, -0.05) is 37.3 Å². The Hall–Kier alpha value is -1.95. The zero-order valence-electron chi connectivity index (χ0n) is 13.1. The Morgan fingerprint density at radius 2 is 2.19 bits per heavy atom. The number of hydrogen-bond donors (Lipinski definition) is 0. The van der Waals surface area contributed by atoms with E-state index in [1.54, 1.807) is 6.26 Å². The molecule has 112 valence electrons. The van der Waals surface area contributed by atoms with Crippen LogP contribution in [-0.4, -0.2) is 12.6 Å². The molecular weight excluding hydrogens is 264 g/mol. The second-order valence-electron chi connectivity index (χ2n) is 6.29. The Morgan fingerprint density at radius 1 is 1.43 bits per heavy atom. The molecule has 0 radical (unpaired) electrons. The number of carbonyl (C=O) groups excluding carboxylic acids is 1. The van der Waals surface area contributed by atoms with Gasteiger partial charge >= 0.3 is 5.97 Å². The summed E-state index contributed by atoms with van der Waals surface area (Å²) in [6.45, 7) is 8.46. The Morgan fingerprint density at radius 3 is 2.81 bits per heavy atom. The highest BCUT2D eigenvalue weighted by molar-refractivity contribution is 5.78. The third-order valence-corrected chi connectivity index (χ3v) is 3.93. The standard InChI is InChI=1S/C18H22O3/c1-13(2)12-15-16(18(15,3)4)17(19)21-10-6-5-8-14-9-7-11-20-14/h7,9,11-12,15-16H,8,10H2,1-4H3. The molecule has 0 aromatic carbocycles. The number of hydrogen-bond acceptors (Lipinski definition) is 3. The van der Waals surface area contributed by atoms with Crippen molar-refractivity contribution in [3.8, 4) is 11.8 Å². The summed E-state index contributed by atoms with van der Waals surface area (Å²) >= 11 is 0. The molecule has 3 nitrogen and oxygen atoms in total. The van der Waals surface area contributed by atoms with Crippen molar-refractivity contribution in [2.24, 2.45) is 17.3 Å². The summed E-state index contributed by atoms with van der Waals surface area (Å²) in [5.41, 5.74) is 1.23. The second-order valence-corrected chi connectivity index (χ2v) is 6.29. The van der Waals surface area contributed by atoms with E-state index in [0.717, 1.165) is 5.76 Å². The van der Waals surface area contributed by atoms with E-state index in [1.165, 1.54) is 5.57 Å². The van der Waals surface area contributed by atoms with Crippen molar-refractivity contribution < 1.29 is 13.9 Å². The first-order valence-electron chi connectivity index (χ1n) is 7.22. The molecule has 0 bridgehead atoms. The monoisotopic (exact) mass is 286 g/mol. The minimum Gasteiger partial charge on any atom is -0.468 e. The molecule has 0 N–H and O–H groups in total. The summed E-state index contributed by atoms with van der Waals surface area (Å²) < 4.78 is 10.4. The molecule has 2 rings (SSSR count). The van der Waals surface area contributed by atoms with Crippen molar-refractivity contribution >= 4 is 5.97 Å². The summed E-state index contributed by atoms with van der Waals surface area (Å²) in [5.74, 6) is 6.70. The fourth-order valence-corrected chi connectivity index (χ4v) is 2.61. The van der Waals surface area contributed by atoms with Gasteiger partial charge in [0.2, 0.25) is 0 Å². The van der Waals surface area contributed by atoms with Gasteiger partial charge in [-0.25, -0.2) is 0 Å². The van der Waals surface area contributed by atoms with Gasteiger partial charge in [0.05, 0.1) is 18.6 Å². The van der Waals surface area contributed by atoms with Gasteiger partial charge in [0.25, 0.3) is 0 Å². The maximum absolute atomic E-state index is 12.1. The molecule has 1 aliphatic rings. The molecule has 1 heterocycles. The third kappa shape index (κ3) is 3.78. The van der Waals surface area contributed by atoms with Crippen LogP contribution in [0.15, 0.2) is 34.5 Å². The number of ether oxygens (including phenoxy) is 1. The topological polar surface area (TPSA) is 39.4 Å². The first-order valence-corrected chi connectivity index (χ1v) is 7.22. The predicted octanol–water partition coefficient (Wildman–Crippen LogP) is 3.61. The number of furan rings is 1. The van der Waals surface area contributed by atoms with E-state index in [1.807, 2.05) is 12.1 Å². The van der Waals surface area contributed by atoms with Crippen LogP contribution in [0.25, 0.3) is 0 Å². The van der Waals surface area contributed by atoms with Gasteiger partial charge in [0.15, 0.2) is 6.61 Å². The molecule has 1 aliphatic carbocycles. The van der Waals surface area contributed by atoms with Gasteiger partial charge in [-0.2, -0.15) is 0 Å². The van der Waals surface area contributed by atoms with E-state index < -0.39 is 0 Å². The van der Waals surface area contributed by atoms with Gasteiger partial charge in [-0.05, 0) is 37.3 Å². The highest BCUT2D eigenvalue weighted by Gasteiger charge is 2.61. The van der Waals surface area contributed by atoms with Crippen molar-refractivity contribution in [1.82, 2.24) is 0 Å². The van der Waals surface area contributed by atoms with Crippen molar-refractivity contribution in [2.45, 2.75) is 34.1 Å². The van der Waals surface area contributed by atoms with Crippen molar-refractivity contribution in [1.29, 1.82) is 0 Å². The van der Waals surface area contributed by atoms with Crippen LogP contribution >= 0.6 is 0 Å². The molecule has 0 amide bonds. The van der Waals surface area contributed by atoms with Crippen molar-refractivity contribution in [2.75, 3.05) is 6.61 Å². The third-order valence-electron chi connectivity index (χ3n) is 3.93. The summed E-state index contributed by atoms with van der Waals surface area (Å²) in [6, 6.07) is 3.70. The van der Waals surface area contributed by atoms with Crippen LogP contribution in [0.2, 0.25) is 0 Å². The van der Waals surface area contributed by atoms with E-state index in [-0.39, 0.29) is 29.8 Å². The van der Waals surface area contributed by atoms with Crippen molar-refractivity contribution in [3.05, 3.63) is 35.8 Å². The molecule has 0 saturated heterocycles. The number of esters is 1. The lowest BCUT2D eigenvalue weighted by molar-refractivity contribution is -0.144. The fourth-order valence-electron chi connectivity index (χ4n) is 2.61. The van der Waals surface area contributed by atoms with Gasteiger partial charge in [-0.3, -0.25) is 4.79 Å². The summed E-state index contributed by atoms with van der Waals surface area (Å²) in [7, 11) is 0. The summed E-state index contributed by atoms with van der Waals surface area (Å²) in [5, 5.41) is 0. The van der Waals surface area contributed by atoms with E-state index in [4.69, 9.17) is 9.15 Å². The smallest absolute Gasteiger partial charge is 0.311 e. The molecular formula is C18H22O3. The van der Waals surface area contributed by atoms with Crippen LogP contribution in [0.1, 0.15) is 33.5 Å². The van der Waals surface area contributed by atoms with E-state index in [2.05, 4.69) is 45.6 Å². The maximum Gasteiger partial charge on any atom is 0.311 e. The highest BCUT2D eigenvalue weighted by Crippen LogP contribution is 2.59. The number of allylic oxidation sites excluding steroid dienone is 2. The molecule has 2 atom stereocenters. The zero-order valence-corrected chi connectivity index (χ0v) is 13.1. The maximum atomic E-state index is 12.1. The fraction of sp³-hybridized carbons (Fsp3) is 0.500. The Bertz CT molecular complexity index is 578. The first kappa shape index (κ1) is 15.4. The largest absolute Gasteiger partial charge is 0.468 e. The van der Waals surface area contributed by atoms with E-state index in [9.17, 15) is 4.79 Å².